The van der Waals surface area contributed by atoms with Gasteiger partial charge in [-0.1, -0.05) is 12.6 Å². The zero-order chi connectivity index (χ0) is 26.9. The van der Waals surface area contributed by atoms with E-state index in [9.17, 15) is 4.79 Å². The molecule has 1 aromatic carbocycles. The van der Waals surface area contributed by atoms with Gasteiger partial charge >= 0.3 is 0 Å². The zero-order valence-electron chi connectivity index (χ0n) is 21.9. The van der Waals surface area contributed by atoms with Gasteiger partial charge in [0.05, 0.1) is 11.7 Å². The van der Waals surface area contributed by atoms with Gasteiger partial charge in [0, 0.05) is 42.9 Å². The lowest BCUT2D eigenvalue weighted by Gasteiger charge is -2.40. The SMILES string of the molecule is C=CC(=O)N1CCN(c2cc3c(Nc4ccc(Cc5ccn6ncnc6c5)c(C)c4)ncnc3cn2)C(C)C1. The first-order valence-corrected chi connectivity index (χ1v) is 12.9. The number of piperazine rings is 1. The number of aromatic nitrogens is 6. The lowest BCUT2D eigenvalue weighted by molar-refractivity contribution is -0.126. The third-order valence-corrected chi connectivity index (χ3v) is 7.26. The van der Waals surface area contributed by atoms with Crippen molar-refractivity contribution in [3.63, 3.8) is 0 Å². The monoisotopic (exact) mass is 519 g/mol. The Balaban J connectivity index is 1.22. The molecule has 196 valence electrons. The number of hydrogen-bond donors (Lipinski definition) is 1. The third kappa shape index (κ3) is 4.88. The highest BCUT2D eigenvalue weighted by molar-refractivity contribution is 5.92. The van der Waals surface area contributed by atoms with E-state index in [2.05, 4.69) is 86.0 Å². The lowest BCUT2D eigenvalue weighted by Crippen LogP contribution is -2.53. The second-order valence-electron chi connectivity index (χ2n) is 9.85. The summed E-state index contributed by atoms with van der Waals surface area (Å²) in [6, 6.07) is 12.6. The Kier molecular flexibility index (Phi) is 6.36. The smallest absolute Gasteiger partial charge is 0.246 e. The highest BCUT2D eigenvalue weighted by Gasteiger charge is 2.27. The molecule has 0 aliphatic carbocycles. The molecule has 0 radical (unpaired) electrons. The summed E-state index contributed by atoms with van der Waals surface area (Å²) in [7, 11) is 0. The lowest BCUT2D eigenvalue weighted by atomic mass is 10.0. The summed E-state index contributed by atoms with van der Waals surface area (Å²) >= 11 is 0. The molecule has 1 saturated heterocycles. The number of benzene rings is 1. The molecule has 6 rings (SSSR count). The van der Waals surface area contributed by atoms with Crippen LogP contribution in [-0.4, -0.2) is 66.0 Å². The number of aryl methyl sites for hydroxylation is 1. The molecule has 1 amide bonds. The number of amides is 1. The van der Waals surface area contributed by atoms with Gasteiger partial charge in [0.25, 0.3) is 0 Å². The van der Waals surface area contributed by atoms with E-state index in [4.69, 9.17) is 0 Å². The minimum Gasteiger partial charge on any atom is -0.350 e. The Hall–Kier alpha value is -4.86. The van der Waals surface area contributed by atoms with Crippen LogP contribution in [0.5, 0.6) is 0 Å². The molecule has 1 fully saturated rings. The van der Waals surface area contributed by atoms with E-state index in [1.54, 1.807) is 23.4 Å². The number of rotatable bonds is 6. The van der Waals surface area contributed by atoms with Crippen LogP contribution < -0.4 is 10.2 Å². The van der Waals surface area contributed by atoms with Crippen molar-refractivity contribution in [2.45, 2.75) is 26.3 Å². The third-order valence-electron chi connectivity index (χ3n) is 7.26. The first kappa shape index (κ1) is 24.5. The summed E-state index contributed by atoms with van der Waals surface area (Å²) < 4.78 is 1.76. The maximum atomic E-state index is 12.1. The van der Waals surface area contributed by atoms with Crippen LogP contribution in [-0.2, 0) is 11.2 Å². The van der Waals surface area contributed by atoms with Crippen LogP contribution in [0.4, 0.5) is 17.3 Å². The Morgan fingerprint density at radius 2 is 2.00 bits per heavy atom. The summed E-state index contributed by atoms with van der Waals surface area (Å²) in [5.41, 5.74) is 6.17. The van der Waals surface area contributed by atoms with Crippen LogP contribution in [0.25, 0.3) is 16.6 Å². The fourth-order valence-electron chi connectivity index (χ4n) is 5.13. The summed E-state index contributed by atoms with van der Waals surface area (Å²) in [5, 5.41) is 8.55. The quantitative estimate of drug-likeness (QED) is 0.337. The number of hydrogen-bond acceptors (Lipinski definition) is 8. The number of carbonyl (C=O) groups is 1. The van der Waals surface area contributed by atoms with Crippen molar-refractivity contribution in [3.8, 4) is 0 Å². The molecule has 10 nitrogen and oxygen atoms in total. The van der Waals surface area contributed by atoms with Crippen molar-refractivity contribution in [2.75, 3.05) is 29.9 Å². The van der Waals surface area contributed by atoms with Crippen LogP contribution in [0, 0.1) is 6.92 Å². The largest absolute Gasteiger partial charge is 0.350 e. The number of carbonyl (C=O) groups excluding carboxylic acids is 1. The molecular weight excluding hydrogens is 490 g/mol. The second-order valence-corrected chi connectivity index (χ2v) is 9.85. The molecule has 39 heavy (non-hydrogen) atoms. The molecule has 0 spiro atoms. The van der Waals surface area contributed by atoms with Crippen molar-refractivity contribution >= 4 is 39.8 Å². The first-order valence-electron chi connectivity index (χ1n) is 12.9. The molecule has 0 saturated carbocycles. The molecule has 4 aromatic heterocycles. The van der Waals surface area contributed by atoms with Gasteiger partial charge in [0.15, 0.2) is 5.65 Å². The van der Waals surface area contributed by atoms with Gasteiger partial charge in [-0.15, -0.1) is 0 Å². The fraction of sp³-hybridized carbons (Fsp3) is 0.241. The van der Waals surface area contributed by atoms with Crippen LogP contribution in [0.2, 0.25) is 0 Å². The van der Waals surface area contributed by atoms with E-state index < -0.39 is 0 Å². The second kappa shape index (κ2) is 10.1. The topological polar surface area (TPSA) is 104 Å². The number of fused-ring (bicyclic) bond motifs is 2. The molecule has 1 aliphatic heterocycles. The van der Waals surface area contributed by atoms with Crippen molar-refractivity contribution < 1.29 is 4.79 Å². The van der Waals surface area contributed by atoms with Gasteiger partial charge < -0.3 is 15.1 Å². The van der Waals surface area contributed by atoms with Crippen LogP contribution in [0.1, 0.15) is 23.6 Å². The molecule has 0 bridgehead atoms. The van der Waals surface area contributed by atoms with Gasteiger partial charge in [-0.05, 0) is 73.4 Å². The van der Waals surface area contributed by atoms with E-state index in [1.165, 1.54) is 22.8 Å². The molecule has 5 heterocycles. The van der Waals surface area contributed by atoms with Gasteiger partial charge in [-0.3, -0.25) is 4.79 Å². The Morgan fingerprint density at radius 1 is 1.10 bits per heavy atom. The van der Waals surface area contributed by atoms with E-state index in [-0.39, 0.29) is 11.9 Å². The molecule has 1 atom stereocenters. The number of nitrogens with zero attached hydrogens (tertiary/aromatic N) is 8. The summed E-state index contributed by atoms with van der Waals surface area (Å²) in [6.07, 6.45) is 9.02. The van der Waals surface area contributed by atoms with Gasteiger partial charge in [-0.2, -0.15) is 5.10 Å². The van der Waals surface area contributed by atoms with Crippen LogP contribution in [0.15, 0.2) is 74.1 Å². The number of anilines is 3. The van der Waals surface area contributed by atoms with E-state index in [1.807, 2.05) is 17.2 Å². The average molecular weight is 520 g/mol. The summed E-state index contributed by atoms with van der Waals surface area (Å²) in [4.78, 5) is 34.0. The maximum absolute atomic E-state index is 12.1. The molecule has 1 unspecified atom stereocenters. The summed E-state index contributed by atoms with van der Waals surface area (Å²) in [6.45, 7) is 9.78. The van der Waals surface area contributed by atoms with Crippen molar-refractivity contribution in [1.82, 2.24) is 34.4 Å². The molecule has 5 aromatic rings. The Bertz CT molecular complexity index is 1700. The fourth-order valence-corrected chi connectivity index (χ4v) is 5.13. The van der Waals surface area contributed by atoms with E-state index in [0.717, 1.165) is 40.3 Å². The predicted octanol–water partition coefficient (Wildman–Crippen LogP) is 3.93. The van der Waals surface area contributed by atoms with Crippen molar-refractivity contribution in [3.05, 3.63) is 90.8 Å². The Labute approximate surface area is 226 Å². The molecule has 1 N–H and O–H groups in total. The van der Waals surface area contributed by atoms with Gasteiger partial charge in [-0.25, -0.2) is 24.5 Å². The van der Waals surface area contributed by atoms with Crippen molar-refractivity contribution in [2.24, 2.45) is 0 Å². The van der Waals surface area contributed by atoms with Crippen molar-refractivity contribution in [1.29, 1.82) is 0 Å². The van der Waals surface area contributed by atoms with Gasteiger partial charge in [0.1, 0.15) is 24.3 Å². The van der Waals surface area contributed by atoms with Crippen LogP contribution in [0.3, 0.4) is 0 Å². The first-order chi connectivity index (χ1) is 19.0. The minimum atomic E-state index is -0.0365. The maximum Gasteiger partial charge on any atom is 0.246 e. The number of nitrogens with one attached hydrogen (secondary N) is 1. The molecule has 1 aliphatic rings. The standard InChI is InChI=1S/C29H29N9O/c1-4-28(39)36-9-10-37(20(3)16-36)26-14-24-25(15-30-26)31-17-33-29(24)35-23-6-5-22(19(2)11-23)12-21-7-8-38-27(13-21)32-18-34-38/h4-8,11,13-15,17-18,20H,1,9-10,12,16H2,2-3H3,(H,31,33,35). The highest BCUT2D eigenvalue weighted by atomic mass is 16.2. The molecular formula is C29H29N9O. The summed E-state index contributed by atoms with van der Waals surface area (Å²) in [5.74, 6) is 1.53. The van der Waals surface area contributed by atoms with Crippen LogP contribution >= 0.6 is 0 Å². The zero-order valence-corrected chi connectivity index (χ0v) is 21.9. The van der Waals surface area contributed by atoms with E-state index in [0.29, 0.717) is 19.6 Å². The minimum absolute atomic E-state index is 0.0365. The predicted molar refractivity (Wildman–Crippen MR) is 151 cm³/mol. The number of pyridine rings is 2. The average Bonchev–Trinajstić information content (AvgIpc) is 3.42. The molecule has 10 heteroatoms. The normalized spacial score (nSPS) is 15.6. The van der Waals surface area contributed by atoms with Gasteiger partial charge in [0.2, 0.25) is 5.91 Å². The highest BCUT2D eigenvalue weighted by Crippen LogP contribution is 2.28. The Morgan fingerprint density at radius 3 is 2.82 bits per heavy atom. The van der Waals surface area contributed by atoms with E-state index >= 15 is 0 Å².